The van der Waals surface area contributed by atoms with E-state index in [1.54, 1.807) is 30.3 Å². The molecule has 0 spiro atoms. The topological polar surface area (TPSA) is 130 Å². The summed E-state index contributed by atoms with van der Waals surface area (Å²) in [6, 6.07) is 8.14. The molecule has 1 heterocycles. The molecule has 35 heavy (non-hydrogen) atoms. The van der Waals surface area contributed by atoms with Crippen LogP contribution < -0.4 is 16.0 Å². The lowest BCUT2D eigenvalue weighted by molar-refractivity contribution is -0.140. The Bertz CT molecular complexity index is 1020. The summed E-state index contributed by atoms with van der Waals surface area (Å²) in [5.41, 5.74) is 1.14. The molecule has 9 nitrogen and oxygen atoms in total. The lowest BCUT2D eigenvalue weighted by Gasteiger charge is -2.28. The van der Waals surface area contributed by atoms with Crippen molar-refractivity contribution >= 4 is 23.5 Å². The van der Waals surface area contributed by atoms with Crippen molar-refractivity contribution in [1.29, 1.82) is 0 Å². The first-order chi connectivity index (χ1) is 16.6. The number of aromatic nitrogens is 1. The molecular weight excluding hydrogens is 462 g/mol. The van der Waals surface area contributed by atoms with Gasteiger partial charge in [0.15, 0.2) is 0 Å². The summed E-state index contributed by atoms with van der Waals surface area (Å²) in [5, 5.41) is 11.2. The van der Waals surface area contributed by atoms with Gasteiger partial charge in [-0.1, -0.05) is 35.5 Å². The zero-order valence-corrected chi connectivity index (χ0v) is 19.3. The summed E-state index contributed by atoms with van der Waals surface area (Å²) < 4.78 is 31.4. The number of carbonyl (C=O) groups is 4. The Labute approximate surface area is 201 Å². The average Bonchev–Trinajstić information content (AvgIpc) is 3.35. The van der Waals surface area contributed by atoms with Crippen molar-refractivity contribution in [3.63, 3.8) is 0 Å². The quantitative estimate of drug-likeness (QED) is 0.436. The Kier molecular flexibility index (Phi) is 8.67. The molecule has 1 aliphatic carbocycles. The van der Waals surface area contributed by atoms with Gasteiger partial charge in [0.1, 0.15) is 24.0 Å². The van der Waals surface area contributed by atoms with Crippen LogP contribution in [-0.4, -0.2) is 46.7 Å². The largest absolute Gasteiger partial charge is 0.364 e. The number of halogens is 2. The highest BCUT2D eigenvalue weighted by Crippen LogP contribution is 2.36. The monoisotopic (exact) mass is 490 g/mol. The van der Waals surface area contributed by atoms with Gasteiger partial charge in [-0.05, 0) is 25.3 Å². The highest BCUT2D eigenvalue weighted by Gasteiger charge is 2.38. The average molecular weight is 491 g/mol. The molecular formula is C24H28F2N4O5. The second-order valence-corrected chi connectivity index (χ2v) is 8.65. The molecule has 1 aromatic carbocycles. The maximum absolute atomic E-state index is 13.4. The molecule has 11 heteroatoms. The lowest BCUT2D eigenvalue weighted by Crippen LogP contribution is -2.54. The number of amides is 3. The van der Waals surface area contributed by atoms with Crippen LogP contribution in [0.25, 0.3) is 0 Å². The van der Waals surface area contributed by atoms with E-state index in [2.05, 4.69) is 25.6 Å². The Morgan fingerprint density at radius 2 is 1.77 bits per heavy atom. The Balaban J connectivity index is 1.61. The normalized spacial score (nSPS) is 17.1. The first-order valence-electron chi connectivity index (χ1n) is 11.4. The van der Waals surface area contributed by atoms with Crippen molar-refractivity contribution in [1.82, 2.24) is 21.1 Å². The van der Waals surface area contributed by atoms with Gasteiger partial charge in [0.2, 0.25) is 23.5 Å². The van der Waals surface area contributed by atoms with Crippen molar-refractivity contribution < 1.29 is 32.5 Å². The van der Waals surface area contributed by atoms with Crippen LogP contribution in [-0.2, 0) is 32.1 Å². The number of ketones is 1. The predicted molar refractivity (Wildman–Crippen MR) is 120 cm³/mol. The number of carbonyl (C=O) groups excluding carboxylic acids is 4. The zero-order chi connectivity index (χ0) is 25.4. The zero-order valence-electron chi connectivity index (χ0n) is 19.3. The highest BCUT2D eigenvalue weighted by molar-refractivity contribution is 6.38. The third-order valence-corrected chi connectivity index (χ3v) is 5.90. The fraction of sp³-hybridized carbons (Fsp3) is 0.458. The third kappa shape index (κ3) is 7.69. The number of Topliss-reactive ketones (excluding diaryl/α,β-unsaturated/α-hetero) is 1. The number of nitrogens with one attached hydrogen (secondary N) is 3. The number of hydrogen-bond donors (Lipinski definition) is 3. The molecule has 3 N–H and O–H groups in total. The van der Waals surface area contributed by atoms with E-state index in [9.17, 15) is 28.0 Å². The molecule has 0 saturated heterocycles. The highest BCUT2D eigenvalue weighted by atomic mass is 19.3. The Morgan fingerprint density at radius 3 is 2.40 bits per heavy atom. The van der Waals surface area contributed by atoms with E-state index in [0.717, 1.165) is 5.56 Å². The van der Waals surface area contributed by atoms with Crippen molar-refractivity contribution in [2.75, 3.05) is 0 Å². The fourth-order valence-corrected chi connectivity index (χ4v) is 3.80. The first-order valence-corrected chi connectivity index (χ1v) is 11.4. The van der Waals surface area contributed by atoms with Gasteiger partial charge in [0, 0.05) is 31.2 Å². The van der Waals surface area contributed by atoms with Gasteiger partial charge in [-0.25, -0.2) is 8.78 Å². The van der Waals surface area contributed by atoms with E-state index in [1.807, 2.05) is 0 Å². The van der Waals surface area contributed by atoms with Gasteiger partial charge in [-0.2, -0.15) is 0 Å². The van der Waals surface area contributed by atoms with Gasteiger partial charge in [0.25, 0.3) is 5.91 Å². The predicted octanol–water partition coefficient (Wildman–Crippen LogP) is 1.92. The second kappa shape index (κ2) is 11.7. The molecule has 1 saturated carbocycles. The molecule has 2 atom stereocenters. The van der Waals surface area contributed by atoms with Gasteiger partial charge in [0.05, 0.1) is 6.54 Å². The molecule has 3 amide bonds. The first kappa shape index (κ1) is 26.0. The molecule has 1 fully saturated rings. The van der Waals surface area contributed by atoms with Gasteiger partial charge < -0.3 is 20.5 Å². The van der Waals surface area contributed by atoms with Crippen LogP contribution in [0.2, 0.25) is 0 Å². The summed E-state index contributed by atoms with van der Waals surface area (Å²) in [5.74, 6) is -6.29. The maximum Gasteiger partial charge on any atom is 0.289 e. The van der Waals surface area contributed by atoms with E-state index in [1.165, 1.54) is 19.3 Å². The number of rotatable bonds is 10. The Hall–Kier alpha value is -3.63. The van der Waals surface area contributed by atoms with Crippen LogP contribution in [0.4, 0.5) is 8.78 Å². The SMILES string of the molecule is C[C@@H](NC(=O)C1CCC(F)(F)CC1)C(=O)N[C@H](Cc1ccccc1)C(=O)C(=O)NCc1ccon1. The van der Waals surface area contributed by atoms with Crippen molar-refractivity contribution in [2.24, 2.45) is 5.92 Å². The third-order valence-electron chi connectivity index (χ3n) is 5.90. The molecule has 3 rings (SSSR count). The van der Waals surface area contributed by atoms with E-state index >= 15 is 0 Å². The van der Waals surface area contributed by atoms with E-state index in [-0.39, 0.29) is 38.6 Å². The summed E-state index contributed by atoms with van der Waals surface area (Å²) >= 11 is 0. The maximum atomic E-state index is 13.4. The Morgan fingerprint density at radius 1 is 1.09 bits per heavy atom. The number of alkyl halides is 2. The standard InChI is InChI=1S/C24H28F2N4O5/c1-15(28-22(33)17-7-10-24(25,26)11-8-17)21(32)29-19(13-16-5-3-2-4-6-16)20(31)23(34)27-14-18-9-12-35-30-18/h2-6,9,12,15,17,19H,7-8,10-11,13-14H2,1H3,(H,27,34)(H,28,33)(H,29,32)/t15-,19-/m1/s1. The molecule has 1 aliphatic rings. The van der Waals surface area contributed by atoms with E-state index in [0.29, 0.717) is 5.69 Å². The van der Waals surface area contributed by atoms with Crippen LogP contribution in [0.15, 0.2) is 47.2 Å². The lowest BCUT2D eigenvalue weighted by atomic mass is 9.86. The number of nitrogens with zero attached hydrogens (tertiary/aromatic N) is 1. The minimum atomic E-state index is -2.76. The minimum absolute atomic E-state index is 0.0278. The molecule has 0 unspecified atom stereocenters. The van der Waals surface area contributed by atoms with Crippen LogP contribution in [0.1, 0.15) is 43.9 Å². The number of hydrogen-bond acceptors (Lipinski definition) is 6. The van der Waals surface area contributed by atoms with Gasteiger partial charge >= 0.3 is 0 Å². The van der Waals surface area contributed by atoms with E-state index in [4.69, 9.17) is 0 Å². The summed E-state index contributed by atoms with van der Waals surface area (Å²) in [4.78, 5) is 50.6. The smallest absolute Gasteiger partial charge is 0.289 e. The summed E-state index contributed by atoms with van der Waals surface area (Å²) in [6.45, 7) is 1.40. The summed E-state index contributed by atoms with van der Waals surface area (Å²) in [7, 11) is 0. The van der Waals surface area contributed by atoms with E-state index < -0.39 is 47.4 Å². The molecule has 2 aromatic rings. The van der Waals surface area contributed by atoms with Gasteiger partial charge in [-0.3, -0.25) is 19.2 Å². The van der Waals surface area contributed by atoms with Crippen molar-refractivity contribution in [2.45, 2.75) is 63.6 Å². The van der Waals surface area contributed by atoms with Crippen LogP contribution >= 0.6 is 0 Å². The minimum Gasteiger partial charge on any atom is -0.364 e. The van der Waals surface area contributed by atoms with Crippen LogP contribution in [0.3, 0.4) is 0 Å². The molecule has 188 valence electrons. The molecule has 0 aliphatic heterocycles. The van der Waals surface area contributed by atoms with Crippen LogP contribution in [0.5, 0.6) is 0 Å². The molecule has 0 radical (unpaired) electrons. The fourth-order valence-electron chi connectivity index (χ4n) is 3.80. The molecule has 1 aromatic heterocycles. The summed E-state index contributed by atoms with van der Waals surface area (Å²) in [6.07, 6.45) is 0.713. The van der Waals surface area contributed by atoms with Gasteiger partial charge in [-0.15, -0.1) is 0 Å². The molecule has 0 bridgehead atoms. The van der Waals surface area contributed by atoms with Crippen molar-refractivity contribution in [3.05, 3.63) is 53.9 Å². The number of benzene rings is 1. The van der Waals surface area contributed by atoms with Crippen LogP contribution in [0, 0.1) is 5.92 Å². The second-order valence-electron chi connectivity index (χ2n) is 8.65. The van der Waals surface area contributed by atoms with Crippen molar-refractivity contribution in [3.8, 4) is 0 Å².